The second-order valence-corrected chi connectivity index (χ2v) is 8.44. The van der Waals surface area contributed by atoms with Crippen molar-refractivity contribution >= 4 is 22.6 Å². The van der Waals surface area contributed by atoms with Crippen molar-refractivity contribution in [3.8, 4) is 16.9 Å². The summed E-state index contributed by atoms with van der Waals surface area (Å²) in [5, 5.41) is 10.4. The standard InChI is InChI=1S/C23H21ClF3NO3/c1-13-5-4-10-28(11-13)12-16-18(29)9-8-15-20(30)19(14-6-2-3-7-17(14)24)22(23(25,26)27)31-21(15)16/h2-3,6-9,13,29H,4-5,10-12H2,1H3/t13-/m1/s1. The Kier molecular flexibility index (Phi) is 5.75. The van der Waals surface area contributed by atoms with E-state index in [-0.39, 0.29) is 39.4 Å². The Balaban J connectivity index is 1.97. The summed E-state index contributed by atoms with van der Waals surface area (Å²) in [5.74, 6) is -1.18. The molecule has 0 spiro atoms. The molecule has 0 amide bonds. The number of nitrogens with zero attached hydrogens (tertiary/aromatic N) is 1. The van der Waals surface area contributed by atoms with E-state index in [1.807, 2.05) is 0 Å². The summed E-state index contributed by atoms with van der Waals surface area (Å²) in [6.07, 6.45) is -2.89. The van der Waals surface area contributed by atoms with Crippen molar-refractivity contribution in [2.24, 2.45) is 5.92 Å². The highest BCUT2D eigenvalue weighted by Gasteiger charge is 2.40. The van der Waals surface area contributed by atoms with Crippen molar-refractivity contribution in [1.82, 2.24) is 4.90 Å². The van der Waals surface area contributed by atoms with Gasteiger partial charge in [-0.1, -0.05) is 36.7 Å². The number of piperidine rings is 1. The summed E-state index contributed by atoms with van der Waals surface area (Å²) in [7, 11) is 0. The molecule has 3 aromatic rings. The van der Waals surface area contributed by atoms with Crippen molar-refractivity contribution in [3.05, 3.63) is 63.0 Å². The average molecular weight is 452 g/mol. The topological polar surface area (TPSA) is 53.7 Å². The van der Waals surface area contributed by atoms with Crippen LogP contribution in [0.3, 0.4) is 0 Å². The number of hydrogen-bond acceptors (Lipinski definition) is 4. The van der Waals surface area contributed by atoms with Crippen LogP contribution in [0.15, 0.2) is 45.6 Å². The summed E-state index contributed by atoms with van der Waals surface area (Å²) in [6.45, 7) is 3.81. The number of alkyl halides is 3. The van der Waals surface area contributed by atoms with Gasteiger partial charge in [-0.2, -0.15) is 13.2 Å². The second kappa shape index (κ2) is 8.20. The summed E-state index contributed by atoms with van der Waals surface area (Å²) in [5.41, 5.74) is -1.58. The third-order valence-electron chi connectivity index (χ3n) is 5.66. The molecule has 0 aliphatic carbocycles. The van der Waals surface area contributed by atoms with E-state index < -0.39 is 22.9 Å². The molecule has 0 saturated carbocycles. The van der Waals surface area contributed by atoms with Crippen molar-refractivity contribution in [3.63, 3.8) is 0 Å². The lowest BCUT2D eigenvalue weighted by Crippen LogP contribution is -2.33. The van der Waals surface area contributed by atoms with Crippen LogP contribution in [-0.2, 0) is 12.7 Å². The Morgan fingerprint density at radius 1 is 1.23 bits per heavy atom. The number of benzene rings is 2. The van der Waals surface area contributed by atoms with Crippen LogP contribution in [0.4, 0.5) is 13.2 Å². The predicted molar refractivity (Wildman–Crippen MR) is 113 cm³/mol. The maximum absolute atomic E-state index is 14.0. The Labute approximate surface area is 181 Å². The van der Waals surface area contributed by atoms with E-state index in [0.717, 1.165) is 25.9 Å². The van der Waals surface area contributed by atoms with Crippen molar-refractivity contribution in [2.45, 2.75) is 32.5 Å². The first-order valence-corrected chi connectivity index (χ1v) is 10.4. The van der Waals surface area contributed by atoms with Crippen LogP contribution in [0.5, 0.6) is 5.75 Å². The molecule has 1 aliphatic rings. The van der Waals surface area contributed by atoms with Gasteiger partial charge in [0.25, 0.3) is 0 Å². The number of likely N-dealkylation sites (tertiary alicyclic amines) is 1. The van der Waals surface area contributed by atoms with Crippen LogP contribution in [0, 0.1) is 5.92 Å². The van der Waals surface area contributed by atoms with Crippen molar-refractivity contribution in [1.29, 1.82) is 0 Å². The van der Waals surface area contributed by atoms with Gasteiger partial charge >= 0.3 is 6.18 Å². The average Bonchev–Trinajstić information content (AvgIpc) is 2.70. The highest BCUT2D eigenvalue weighted by Crippen LogP contribution is 2.41. The number of fused-ring (bicyclic) bond motifs is 1. The Morgan fingerprint density at radius 3 is 2.65 bits per heavy atom. The summed E-state index contributed by atoms with van der Waals surface area (Å²) in [4.78, 5) is 15.3. The summed E-state index contributed by atoms with van der Waals surface area (Å²) < 4.78 is 47.3. The van der Waals surface area contributed by atoms with E-state index >= 15 is 0 Å². The Morgan fingerprint density at radius 2 is 1.97 bits per heavy atom. The second-order valence-electron chi connectivity index (χ2n) is 8.04. The fraction of sp³-hybridized carbons (Fsp3) is 0.348. The predicted octanol–water partition coefficient (Wildman–Crippen LogP) is 6.07. The third-order valence-corrected chi connectivity index (χ3v) is 5.99. The molecule has 0 radical (unpaired) electrons. The molecule has 1 aliphatic heterocycles. The summed E-state index contributed by atoms with van der Waals surface area (Å²) >= 11 is 6.11. The fourth-order valence-electron chi connectivity index (χ4n) is 4.22. The molecular formula is C23H21ClF3NO3. The molecule has 1 saturated heterocycles. The van der Waals surface area contributed by atoms with Gasteiger partial charge in [0.1, 0.15) is 11.3 Å². The minimum Gasteiger partial charge on any atom is -0.507 e. The molecule has 2 aromatic carbocycles. The van der Waals surface area contributed by atoms with Gasteiger partial charge in [-0.3, -0.25) is 9.69 Å². The van der Waals surface area contributed by atoms with E-state index in [4.69, 9.17) is 16.0 Å². The minimum atomic E-state index is -4.93. The van der Waals surface area contributed by atoms with Crippen LogP contribution >= 0.6 is 11.6 Å². The largest absolute Gasteiger partial charge is 0.507 e. The normalized spacial score (nSPS) is 17.9. The number of phenolic OH excluding ortho intramolecular Hbond substituents is 1. The number of phenols is 1. The molecule has 0 unspecified atom stereocenters. The molecule has 164 valence electrons. The van der Waals surface area contributed by atoms with Crippen LogP contribution in [0.1, 0.15) is 31.1 Å². The molecule has 1 fully saturated rings. The first kappa shape index (κ1) is 21.7. The quantitative estimate of drug-likeness (QED) is 0.525. The number of halogens is 4. The molecule has 0 bridgehead atoms. The monoisotopic (exact) mass is 451 g/mol. The molecule has 4 rings (SSSR count). The zero-order valence-electron chi connectivity index (χ0n) is 16.8. The van der Waals surface area contributed by atoms with Gasteiger partial charge in [0.15, 0.2) is 0 Å². The zero-order chi connectivity index (χ0) is 22.3. The molecule has 1 aromatic heterocycles. The van der Waals surface area contributed by atoms with Gasteiger partial charge in [0, 0.05) is 23.7 Å². The lowest BCUT2D eigenvalue weighted by Gasteiger charge is -2.31. The molecule has 2 heterocycles. The lowest BCUT2D eigenvalue weighted by molar-refractivity contribution is -0.152. The lowest BCUT2D eigenvalue weighted by atomic mass is 9.98. The maximum atomic E-state index is 14.0. The van der Waals surface area contributed by atoms with E-state index in [0.29, 0.717) is 5.92 Å². The fourth-order valence-corrected chi connectivity index (χ4v) is 4.45. The van der Waals surface area contributed by atoms with E-state index in [9.17, 15) is 23.1 Å². The van der Waals surface area contributed by atoms with E-state index in [1.165, 1.54) is 30.3 Å². The third kappa shape index (κ3) is 4.16. The molecule has 31 heavy (non-hydrogen) atoms. The molecule has 1 atom stereocenters. The van der Waals surface area contributed by atoms with Gasteiger partial charge in [0.2, 0.25) is 11.2 Å². The number of aromatic hydroxyl groups is 1. The van der Waals surface area contributed by atoms with Crippen molar-refractivity contribution in [2.75, 3.05) is 13.1 Å². The Hall–Kier alpha value is -2.51. The van der Waals surface area contributed by atoms with Gasteiger partial charge in [-0.25, -0.2) is 0 Å². The molecule has 8 heteroatoms. The minimum absolute atomic E-state index is 0.0148. The maximum Gasteiger partial charge on any atom is 0.450 e. The van der Waals surface area contributed by atoms with Crippen molar-refractivity contribution < 1.29 is 22.7 Å². The van der Waals surface area contributed by atoms with Gasteiger partial charge < -0.3 is 9.52 Å². The van der Waals surface area contributed by atoms with Crippen LogP contribution in [-0.4, -0.2) is 23.1 Å². The van der Waals surface area contributed by atoms with E-state index in [1.54, 1.807) is 6.07 Å². The Bertz CT molecular complexity index is 1190. The van der Waals surface area contributed by atoms with Gasteiger partial charge in [0.05, 0.1) is 16.5 Å². The van der Waals surface area contributed by atoms with Gasteiger partial charge in [-0.05, 0) is 43.5 Å². The molecular weight excluding hydrogens is 431 g/mol. The van der Waals surface area contributed by atoms with Crippen LogP contribution in [0.25, 0.3) is 22.1 Å². The summed E-state index contributed by atoms with van der Waals surface area (Å²) in [6, 6.07) is 8.46. The first-order valence-electron chi connectivity index (χ1n) is 10.0. The zero-order valence-corrected chi connectivity index (χ0v) is 17.6. The SMILES string of the molecule is C[C@@H]1CCCN(Cc2c(O)ccc3c(=O)c(-c4ccccc4Cl)c(C(F)(F)F)oc23)C1. The molecule has 1 N–H and O–H groups in total. The number of hydrogen-bond donors (Lipinski definition) is 1. The highest BCUT2D eigenvalue weighted by atomic mass is 35.5. The first-order chi connectivity index (χ1) is 14.7. The van der Waals surface area contributed by atoms with Crippen LogP contribution in [0.2, 0.25) is 5.02 Å². The molecule has 4 nitrogen and oxygen atoms in total. The number of rotatable bonds is 3. The highest BCUT2D eigenvalue weighted by molar-refractivity contribution is 6.33. The van der Waals surface area contributed by atoms with Crippen LogP contribution < -0.4 is 5.43 Å². The van der Waals surface area contributed by atoms with Gasteiger partial charge in [-0.15, -0.1) is 0 Å². The smallest absolute Gasteiger partial charge is 0.450 e. The van der Waals surface area contributed by atoms with E-state index in [2.05, 4.69) is 11.8 Å².